The van der Waals surface area contributed by atoms with E-state index in [1.807, 2.05) is 17.5 Å². The number of anilines is 1. The monoisotopic (exact) mass is 530 g/mol. The lowest BCUT2D eigenvalue weighted by Crippen LogP contribution is -2.32. The molecule has 0 radical (unpaired) electrons. The molecule has 0 aliphatic rings. The average Bonchev–Trinajstić information content (AvgIpc) is 3.65. The zero-order valence-electron chi connectivity index (χ0n) is 20.0. The quantitative estimate of drug-likeness (QED) is 0.0907. The maximum Gasteiger partial charge on any atom is 0.379 e. The highest BCUT2D eigenvalue weighted by molar-refractivity contribution is 7.10. The van der Waals surface area contributed by atoms with Crippen LogP contribution in [0.15, 0.2) is 99.7 Å². The van der Waals surface area contributed by atoms with Crippen LogP contribution in [-0.4, -0.2) is 31.1 Å². The third-order valence-electron chi connectivity index (χ3n) is 4.88. The molecule has 192 valence electrons. The van der Waals surface area contributed by atoms with E-state index in [2.05, 4.69) is 21.3 Å². The molecule has 0 atom stereocenters. The van der Waals surface area contributed by atoms with E-state index in [9.17, 15) is 14.4 Å². The summed E-state index contributed by atoms with van der Waals surface area (Å²) in [4.78, 5) is 43.5. The van der Waals surface area contributed by atoms with E-state index in [1.54, 1.807) is 54.6 Å². The number of esters is 1. The van der Waals surface area contributed by atoms with Gasteiger partial charge in [0.2, 0.25) is 5.76 Å². The Labute approximate surface area is 221 Å². The Kier molecular flexibility index (Phi) is 8.79. The minimum atomic E-state index is -0.676. The van der Waals surface area contributed by atoms with E-state index >= 15 is 0 Å². The lowest BCUT2D eigenvalue weighted by atomic mass is 10.2. The number of nitrogens with zero attached hydrogens (tertiary/aromatic N) is 1. The second-order valence-corrected chi connectivity index (χ2v) is 8.50. The highest BCUT2D eigenvalue weighted by Gasteiger charge is 2.16. The summed E-state index contributed by atoms with van der Waals surface area (Å²) in [5.41, 5.74) is 6.39. The molecule has 0 spiro atoms. The predicted molar refractivity (Wildman–Crippen MR) is 143 cm³/mol. The molecule has 0 saturated carbocycles. The van der Waals surface area contributed by atoms with Gasteiger partial charge in [-0.3, -0.25) is 19.9 Å². The smallest absolute Gasteiger partial charge is 0.379 e. The second-order valence-electron chi connectivity index (χ2n) is 7.52. The second kappa shape index (κ2) is 12.8. The van der Waals surface area contributed by atoms with Crippen LogP contribution in [0.2, 0.25) is 0 Å². The molecule has 2 aromatic heterocycles. The molecule has 0 saturated heterocycles. The Morgan fingerprint density at radius 2 is 1.84 bits per heavy atom. The molecule has 11 heteroatoms. The molecule has 2 amide bonds. The predicted octanol–water partition coefficient (Wildman–Crippen LogP) is 4.45. The topological polar surface area (TPSA) is 131 Å². The fourth-order valence-electron chi connectivity index (χ4n) is 3.14. The lowest BCUT2D eigenvalue weighted by Gasteiger charge is -2.11. The summed E-state index contributed by atoms with van der Waals surface area (Å²) in [5, 5.41) is 8.50. The SMILES string of the molecule is CONc1cc(/C=N/NC(=O)/C(=C\c2cccs2)NC(=O)c2ccccc2)ccc1OC(=O)c1ccco1. The van der Waals surface area contributed by atoms with Gasteiger partial charge < -0.3 is 14.5 Å². The number of benzene rings is 2. The summed E-state index contributed by atoms with van der Waals surface area (Å²) in [6.07, 6.45) is 4.32. The van der Waals surface area contributed by atoms with E-state index < -0.39 is 17.8 Å². The summed E-state index contributed by atoms with van der Waals surface area (Å²) < 4.78 is 10.4. The molecular formula is C27H22N4O6S. The van der Waals surface area contributed by atoms with Gasteiger partial charge in [0.05, 0.1) is 19.6 Å². The number of nitrogens with one attached hydrogen (secondary N) is 3. The molecule has 4 aromatic rings. The van der Waals surface area contributed by atoms with Crippen LogP contribution in [0.25, 0.3) is 6.08 Å². The van der Waals surface area contributed by atoms with Crippen LogP contribution in [-0.2, 0) is 9.63 Å². The van der Waals surface area contributed by atoms with Gasteiger partial charge in [-0.1, -0.05) is 24.3 Å². The maximum atomic E-state index is 12.9. The largest absolute Gasteiger partial charge is 0.457 e. The van der Waals surface area contributed by atoms with E-state index in [4.69, 9.17) is 14.0 Å². The number of thiophene rings is 1. The number of ether oxygens (including phenoxy) is 1. The number of carbonyl (C=O) groups is 3. The van der Waals surface area contributed by atoms with Crippen molar-refractivity contribution in [3.05, 3.63) is 112 Å². The van der Waals surface area contributed by atoms with E-state index in [0.29, 0.717) is 16.8 Å². The van der Waals surface area contributed by atoms with Crippen molar-refractivity contribution in [1.29, 1.82) is 0 Å². The minimum Gasteiger partial charge on any atom is -0.457 e. The highest BCUT2D eigenvalue weighted by atomic mass is 32.1. The third kappa shape index (κ3) is 7.03. The van der Waals surface area contributed by atoms with Crippen molar-refractivity contribution in [3.63, 3.8) is 0 Å². The van der Waals surface area contributed by atoms with E-state index in [1.165, 1.54) is 43.1 Å². The molecule has 0 aliphatic heterocycles. The summed E-state index contributed by atoms with van der Waals surface area (Å²) >= 11 is 1.42. The molecule has 10 nitrogen and oxygen atoms in total. The lowest BCUT2D eigenvalue weighted by molar-refractivity contribution is -0.117. The van der Waals surface area contributed by atoms with Gasteiger partial charge in [-0.25, -0.2) is 10.2 Å². The van der Waals surface area contributed by atoms with Gasteiger partial charge in [-0.15, -0.1) is 11.3 Å². The number of rotatable bonds is 10. The first-order valence-corrected chi connectivity index (χ1v) is 12.0. The van der Waals surface area contributed by atoms with Gasteiger partial charge in [0.25, 0.3) is 11.8 Å². The Morgan fingerprint density at radius 1 is 1.00 bits per heavy atom. The van der Waals surface area contributed by atoms with Gasteiger partial charge in [0.15, 0.2) is 5.75 Å². The number of hydrogen-bond donors (Lipinski definition) is 3. The van der Waals surface area contributed by atoms with Crippen molar-refractivity contribution >= 4 is 47.1 Å². The fourth-order valence-corrected chi connectivity index (χ4v) is 3.79. The van der Waals surface area contributed by atoms with Gasteiger partial charge in [-0.05, 0) is 65.6 Å². The van der Waals surface area contributed by atoms with Crippen LogP contribution in [0.5, 0.6) is 5.75 Å². The van der Waals surface area contributed by atoms with Gasteiger partial charge in [-0.2, -0.15) is 5.10 Å². The van der Waals surface area contributed by atoms with Crippen LogP contribution in [0, 0.1) is 0 Å². The van der Waals surface area contributed by atoms with Crippen LogP contribution in [0.3, 0.4) is 0 Å². The van der Waals surface area contributed by atoms with Crippen LogP contribution in [0.4, 0.5) is 5.69 Å². The average molecular weight is 531 g/mol. The van der Waals surface area contributed by atoms with Crippen LogP contribution >= 0.6 is 11.3 Å². The number of furan rings is 1. The molecule has 4 rings (SSSR count). The highest BCUT2D eigenvalue weighted by Crippen LogP contribution is 2.26. The first kappa shape index (κ1) is 26.1. The van der Waals surface area contributed by atoms with Gasteiger partial charge >= 0.3 is 5.97 Å². The van der Waals surface area contributed by atoms with Gasteiger partial charge in [0, 0.05) is 10.4 Å². The summed E-state index contributed by atoms with van der Waals surface area (Å²) in [6.45, 7) is 0. The molecule has 0 aliphatic carbocycles. The molecule has 2 aromatic carbocycles. The molecular weight excluding hydrogens is 508 g/mol. The Balaban J connectivity index is 1.46. The number of amides is 2. The zero-order chi connectivity index (χ0) is 26.7. The van der Waals surface area contributed by atoms with Crippen molar-refractivity contribution < 1.29 is 28.4 Å². The number of carbonyl (C=O) groups excluding carboxylic acids is 3. The van der Waals surface area contributed by atoms with E-state index in [0.717, 1.165) is 4.88 Å². The minimum absolute atomic E-state index is 0.0281. The first-order chi connectivity index (χ1) is 18.5. The van der Waals surface area contributed by atoms with Crippen molar-refractivity contribution in [3.8, 4) is 5.75 Å². The Bertz CT molecular complexity index is 1450. The van der Waals surface area contributed by atoms with E-state index in [-0.39, 0.29) is 17.2 Å². The fraction of sp³-hybridized carbons (Fsp3) is 0.0370. The number of hydrogen-bond acceptors (Lipinski definition) is 9. The first-order valence-electron chi connectivity index (χ1n) is 11.2. The normalized spacial score (nSPS) is 11.2. The Morgan fingerprint density at radius 3 is 2.55 bits per heavy atom. The van der Waals surface area contributed by atoms with Crippen molar-refractivity contribution in [2.24, 2.45) is 5.10 Å². The van der Waals surface area contributed by atoms with Crippen molar-refractivity contribution in [1.82, 2.24) is 10.7 Å². The summed E-state index contributed by atoms with van der Waals surface area (Å²) in [6, 6.07) is 20.0. The zero-order valence-corrected chi connectivity index (χ0v) is 20.9. The molecule has 38 heavy (non-hydrogen) atoms. The molecule has 0 fully saturated rings. The van der Waals surface area contributed by atoms with Crippen molar-refractivity contribution in [2.45, 2.75) is 0 Å². The molecule has 3 N–H and O–H groups in total. The summed E-state index contributed by atoms with van der Waals surface area (Å²) in [5.74, 6) is -1.47. The molecule has 0 bridgehead atoms. The van der Waals surface area contributed by atoms with Crippen LogP contribution < -0.4 is 21.0 Å². The maximum absolute atomic E-state index is 12.9. The Hall–Kier alpha value is -5.00. The van der Waals surface area contributed by atoms with Crippen LogP contribution in [0.1, 0.15) is 31.4 Å². The standard InChI is InChI=1S/C27H22N4O6S/c1-35-31-21-15-18(11-12-23(21)37-27(34)24-10-5-13-36-24)17-28-30-26(33)22(16-20-9-6-14-38-20)29-25(32)19-7-3-2-4-8-19/h2-17,31H,1H3,(H,29,32)(H,30,33)/b22-16+,28-17+. The third-order valence-corrected chi connectivity index (χ3v) is 5.70. The molecule has 0 unspecified atom stereocenters. The van der Waals surface area contributed by atoms with Gasteiger partial charge in [0.1, 0.15) is 11.4 Å². The molecule has 2 heterocycles. The van der Waals surface area contributed by atoms with Crippen molar-refractivity contribution in [2.75, 3.05) is 12.6 Å². The number of hydrazone groups is 1. The summed E-state index contributed by atoms with van der Waals surface area (Å²) in [7, 11) is 1.41.